The summed E-state index contributed by atoms with van der Waals surface area (Å²) in [6, 6.07) is 0.266. The molecule has 82 valence electrons. The molecule has 1 aliphatic carbocycles. The van der Waals surface area contributed by atoms with Crippen LogP contribution in [0.4, 0.5) is 0 Å². The van der Waals surface area contributed by atoms with E-state index in [0.717, 1.165) is 19.3 Å². The Hall–Kier alpha value is -0.570. The van der Waals surface area contributed by atoms with Crippen LogP contribution in [0.3, 0.4) is 0 Å². The van der Waals surface area contributed by atoms with Crippen molar-refractivity contribution < 1.29 is 4.79 Å². The number of nitrogens with two attached hydrogens (primary N) is 1. The van der Waals surface area contributed by atoms with Crippen LogP contribution in [0.25, 0.3) is 0 Å². The smallest absolute Gasteiger partial charge is 0.227 e. The molecule has 0 bridgehead atoms. The third-order valence-corrected chi connectivity index (χ3v) is 3.34. The highest BCUT2D eigenvalue weighted by Gasteiger charge is 2.47. The van der Waals surface area contributed by atoms with Crippen LogP contribution in [0.15, 0.2) is 0 Å². The van der Waals surface area contributed by atoms with E-state index in [1.54, 1.807) is 0 Å². The molecule has 1 unspecified atom stereocenters. The van der Waals surface area contributed by atoms with Crippen LogP contribution in [-0.4, -0.2) is 18.5 Å². The molecule has 1 saturated carbocycles. The maximum absolute atomic E-state index is 11.9. The van der Waals surface area contributed by atoms with Gasteiger partial charge >= 0.3 is 0 Å². The summed E-state index contributed by atoms with van der Waals surface area (Å²) in [5.41, 5.74) is 5.44. The average molecular weight is 198 g/mol. The predicted octanol–water partition coefficient (Wildman–Crippen LogP) is 1.28. The van der Waals surface area contributed by atoms with Crippen LogP contribution in [0.5, 0.6) is 0 Å². The fourth-order valence-electron chi connectivity index (χ4n) is 2.20. The fourth-order valence-corrected chi connectivity index (χ4v) is 2.20. The zero-order chi connectivity index (χ0) is 10.8. The largest absolute Gasteiger partial charge is 0.353 e. The number of nitrogens with one attached hydrogen (secondary N) is 1. The van der Waals surface area contributed by atoms with Crippen LogP contribution in [-0.2, 0) is 4.79 Å². The van der Waals surface area contributed by atoms with E-state index in [1.165, 1.54) is 0 Å². The molecule has 3 N–H and O–H groups in total. The van der Waals surface area contributed by atoms with Crippen molar-refractivity contribution in [1.29, 1.82) is 0 Å². The number of hydrogen-bond donors (Lipinski definition) is 2. The van der Waals surface area contributed by atoms with Crippen LogP contribution < -0.4 is 11.1 Å². The zero-order valence-corrected chi connectivity index (χ0v) is 9.47. The summed E-state index contributed by atoms with van der Waals surface area (Å²) in [6.07, 6.45) is 2.87. The fraction of sp³-hybridized carbons (Fsp3) is 0.909. The molecule has 0 heterocycles. The normalized spacial score (nSPS) is 33.3. The molecule has 3 heteroatoms. The minimum Gasteiger partial charge on any atom is -0.353 e. The number of rotatable bonds is 4. The van der Waals surface area contributed by atoms with E-state index in [1.807, 2.05) is 6.92 Å². The third-order valence-electron chi connectivity index (χ3n) is 3.34. The molecule has 1 aliphatic rings. The van der Waals surface area contributed by atoms with Gasteiger partial charge in [0.05, 0.1) is 5.41 Å². The molecule has 1 rings (SSSR count). The molecule has 0 aliphatic heterocycles. The summed E-state index contributed by atoms with van der Waals surface area (Å²) >= 11 is 0. The molecule has 0 aromatic carbocycles. The molecular formula is C11H22N2O. The van der Waals surface area contributed by atoms with Crippen molar-refractivity contribution in [1.82, 2.24) is 5.32 Å². The van der Waals surface area contributed by atoms with E-state index >= 15 is 0 Å². The van der Waals surface area contributed by atoms with Crippen molar-refractivity contribution in [2.75, 3.05) is 6.54 Å². The molecule has 3 nitrogen and oxygen atoms in total. The molecule has 1 atom stereocenters. The second kappa shape index (κ2) is 4.30. The van der Waals surface area contributed by atoms with Gasteiger partial charge in [0.25, 0.3) is 0 Å². The van der Waals surface area contributed by atoms with Gasteiger partial charge in [-0.05, 0) is 32.1 Å². The number of carbonyl (C=O) groups excluding carboxylic acids is 1. The van der Waals surface area contributed by atoms with E-state index in [4.69, 9.17) is 5.73 Å². The van der Waals surface area contributed by atoms with E-state index in [9.17, 15) is 4.79 Å². The minimum atomic E-state index is -0.247. The Morgan fingerprint density at radius 2 is 2.21 bits per heavy atom. The van der Waals surface area contributed by atoms with Crippen LogP contribution >= 0.6 is 0 Å². The van der Waals surface area contributed by atoms with Gasteiger partial charge in [-0.25, -0.2) is 0 Å². The van der Waals surface area contributed by atoms with Crippen molar-refractivity contribution in [3.05, 3.63) is 0 Å². The van der Waals surface area contributed by atoms with E-state index < -0.39 is 0 Å². The van der Waals surface area contributed by atoms with Crippen LogP contribution in [0, 0.1) is 11.3 Å². The summed E-state index contributed by atoms with van der Waals surface area (Å²) in [5, 5.41) is 3.02. The lowest BCUT2D eigenvalue weighted by Gasteiger charge is -2.44. The Morgan fingerprint density at radius 1 is 1.64 bits per heavy atom. The van der Waals surface area contributed by atoms with Crippen molar-refractivity contribution in [2.45, 2.75) is 46.1 Å². The van der Waals surface area contributed by atoms with Gasteiger partial charge in [-0.3, -0.25) is 4.79 Å². The summed E-state index contributed by atoms with van der Waals surface area (Å²) < 4.78 is 0. The van der Waals surface area contributed by atoms with E-state index in [2.05, 4.69) is 19.2 Å². The summed E-state index contributed by atoms with van der Waals surface area (Å²) in [4.78, 5) is 11.9. The molecule has 0 aromatic heterocycles. The molecule has 0 radical (unpaired) electrons. The van der Waals surface area contributed by atoms with Gasteiger partial charge in [-0.2, -0.15) is 0 Å². The maximum atomic E-state index is 11.9. The standard InChI is InChI=1S/C11H22N2O/c1-4-9(3)13-10(14)11(7-12)5-8(2)6-11/h8-9H,4-7,12H2,1-3H3,(H,13,14). The first kappa shape index (κ1) is 11.5. The van der Waals surface area contributed by atoms with Gasteiger partial charge in [-0.1, -0.05) is 13.8 Å². The number of hydrogen-bond acceptors (Lipinski definition) is 2. The molecule has 0 aromatic rings. The van der Waals surface area contributed by atoms with Gasteiger partial charge in [-0.15, -0.1) is 0 Å². The summed E-state index contributed by atoms with van der Waals surface area (Å²) in [7, 11) is 0. The first-order valence-electron chi connectivity index (χ1n) is 5.55. The molecular weight excluding hydrogens is 176 g/mol. The molecule has 14 heavy (non-hydrogen) atoms. The monoisotopic (exact) mass is 198 g/mol. The highest BCUT2D eigenvalue weighted by Crippen LogP contribution is 2.44. The predicted molar refractivity (Wildman–Crippen MR) is 57.8 cm³/mol. The van der Waals surface area contributed by atoms with Crippen LogP contribution in [0.2, 0.25) is 0 Å². The zero-order valence-electron chi connectivity index (χ0n) is 9.47. The van der Waals surface area contributed by atoms with Crippen LogP contribution in [0.1, 0.15) is 40.0 Å². The van der Waals surface area contributed by atoms with Crippen molar-refractivity contribution in [2.24, 2.45) is 17.1 Å². The lowest BCUT2D eigenvalue weighted by atomic mass is 9.62. The number of amides is 1. The lowest BCUT2D eigenvalue weighted by Crippen LogP contribution is -2.54. The quantitative estimate of drug-likeness (QED) is 0.715. The molecule has 1 fully saturated rings. The Kier molecular flexibility index (Phi) is 3.53. The van der Waals surface area contributed by atoms with E-state index in [-0.39, 0.29) is 17.4 Å². The van der Waals surface area contributed by atoms with Crippen molar-refractivity contribution in [3.63, 3.8) is 0 Å². The molecule has 1 amide bonds. The first-order chi connectivity index (χ1) is 6.54. The summed E-state index contributed by atoms with van der Waals surface area (Å²) in [5.74, 6) is 0.814. The van der Waals surface area contributed by atoms with Crippen molar-refractivity contribution in [3.8, 4) is 0 Å². The van der Waals surface area contributed by atoms with Gasteiger partial charge in [0.15, 0.2) is 0 Å². The Morgan fingerprint density at radius 3 is 2.57 bits per heavy atom. The second-order valence-electron chi connectivity index (χ2n) is 4.78. The van der Waals surface area contributed by atoms with Gasteiger partial charge in [0, 0.05) is 12.6 Å². The van der Waals surface area contributed by atoms with Crippen molar-refractivity contribution >= 4 is 5.91 Å². The lowest BCUT2D eigenvalue weighted by molar-refractivity contribution is -0.138. The van der Waals surface area contributed by atoms with Gasteiger partial charge < -0.3 is 11.1 Å². The first-order valence-corrected chi connectivity index (χ1v) is 5.55. The highest BCUT2D eigenvalue weighted by atomic mass is 16.2. The van der Waals surface area contributed by atoms with E-state index in [0.29, 0.717) is 12.5 Å². The van der Waals surface area contributed by atoms with Gasteiger partial charge in [0.2, 0.25) is 5.91 Å². The summed E-state index contributed by atoms with van der Waals surface area (Å²) in [6.45, 7) is 6.76. The third kappa shape index (κ3) is 2.08. The Labute approximate surface area is 86.4 Å². The molecule has 0 saturated heterocycles. The second-order valence-corrected chi connectivity index (χ2v) is 4.78. The number of carbonyl (C=O) groups is 1. The highest BCUT2D eigenvalue weighted by molar-refractivity contribution is 5.84. The molecule has 0 spiro atoms. The SMILES string of the molecule is CCC(C)NC(=O)C1(CN)CC(C)C1. The Balaban J connectivity index is 2.50. The topological polar surface area (TPSA) is 55.1 Å². The maximum Gasteiger partial charge on any atom is 0.227 e. The Bertz CT molecular complexity index is 209. The average Bonchev–Trinajstić information content (AvgIpc) is 2.12. The minimum absolute atomic E-state index is 0.160. The van der Waals surface area contributed by atoms with Gasteiger partial charge in [0.1, 0.15) is 0 Å².